The number of rotatable bonds is 5. The average Bonchev–Trinajstić information content (AvgIpc) is 3.92. The van der Waals surface area contributed by atoms with Gasteiger partial charge in [0.25, 0.3) is 0 Å². The van der Waals surface area contributed by atoms with Crippen LogP contribution >= 0.6 is 0 Å². The molecule has 0 aliphatic carbocycles. The number of aliphatic imine (C=N–C) groups is 2. The number of allylic oxidation sites excluding steroid dienone is 4. The van der Waals surface area contributed by atoms with Crippen LogP contribution in [0.3, 0.4) is 0 Å². The number of sulfone groups is 1. The van der Waals surface area contributed by atoms with Crippen LogP contribution in [0.1, 0.15) is 25.0 Å². The van der Waals surface area contributed by atoms with Crippen molar-refractivity contribution >= 4 is 39.5 Å². The van der Waals surface area contributed by atoms with Crippen molar-refractivity contribution in [3.8, 4) is 11.6 Å². The Morgan fingerprint density at radius 3 is 2.44 bits per heavy atom. The van der Waals surface area contributed by atoms with Gasteiger partial charge in [0.15, 0.2) is 9.84 Å². The fourth-order valence-electron chi connectivity index (χ4n) is 6.56. The molecule has 0 spiro atoms. The second kappa shape index (κ2) is 12.6. The van der Waals surface area contributed by atoms with Gasteiger partial charge in [0.2, 0.25) is 5.88 Å². The Bertz CT molecular complexity index is 2340. The standard InChI is InChI=1S/C37H33N7O5S/c1-50(46,47)35-31-12-11-27(42-31)20-25-8-7-24(40-25)19-26-9-10-28(41-26)22-37(16-13-32(35)43-37)33-21-34(39-23-38-33)48-30-14-17-44(18-15-30)36(45)49-29-5-3-2-4-6-29/h2-13,19-23,30,40,43H,14-18H2,1H3. The number of ether oxygens (including phenoxy) is 2. The van der Waals surface area contributed by atoms with Gasteiger partial charge in [-0.15, -0.1) is 0 Å². The van der Waals surface area contributed by atoms with E-state index in [9.17, 15) is 13.2 Å². The summed E-state index contributed by atoms with van der Waals surface area (Å²) in [6.45, 7) is 0.956. The van der Waals surface area contributed by atoms with Gasteiger partial charge >= 0.3 is 6.09 Å². The van der Waals surface area contributed by atoms with Gasteiger partial charge in [0.1, 0.15) is 28.6 Å². The van der Waals surface area contributed by atoms with Gasteiger partial charge in [-0.05, 0) is 66.8 Å². The summed E-state index contributed by atoms with van der Waals surface area (Å²) in [6, 6.07) is 14.7. The van der Waals surface area contributed by atoms with Crippen LogP contribution in [0.15, 0.2) is 123 Å². The Morgan fingerprint density at radius 1 is 0.940 bits per heavy atom. The van der Waals surface area contributed by atoms with Crippen molar-refractivity contribution in [1.29, 1.82) is 0 Å². The molecule has 3 aromatic rings. The third kappa shape index (κ3) is 6.47. The maximum absolute atomic E-state index is 13.3. The van der Waals surface area contributed by atoms with Crippen LogP contribution in [0.5, 0.6) is 11.6 Å². The number of amides is 1. The molecule has 0 radical (unpaired) electrons. The van der Waals surface area contributed by atoms with Crippen molar-refractivity contribution in [2.75, 3.05) is 19.3 Å². The molecule has 1 amide bonds. The van der Waals surface area contributed by atoms with Crippen molar-refractivity contribution < 1.29 is 22.7 Å². The maximum Gasteiger partial charge on any atom is 0.415 e. The maximum atomic E-state index is 13.3. The van der Waals surface area contributed by atoms with E-state index in [-0.39, 0.29) is 17.1 Å². The zero-order valence-corrected chi connectivity index (χ0v) is 27.9. The first-order valence-corrected chi connectivity index (χ1v) is 18.2. The molecule has 1 unspecified atom stereocenters. The number of carbonyl (C=O) groups excluding carboxylic acids is 1. The van der Waals surface area contributed by atoms with Crippen LogP contribution in [0.2, 0.25) is 0 Å². The zero-order valence-electron chi connectivity index (χ0n) is 27.1. The SMILES string of the molecule is CS(=O)(=O)C1=C2C=CC(=N2)C=c2ccc([nH]2)=CC2=NC(=CC3(c4cc(OC5CCN(C(=O)Oc6ccccc6)CC5)ncn4)CC=C1N3)C=C2. The number of benzene rings is 1. The molecule has 13 heteroatoms. The minimum absolute atomic E-state index is 0.0965. The quantitative estimate of drug-likeness (QED) is 0.415. The molecular weight excluding hydrogens is 655 g/mol. The third-order valence-corrected chi connectivity index (χ3v) is 10.1. The molecule has 7 heterocycles. The molecular formula is C37H33N7O5S. The molecule has 2 aromatic heterocycles. The number of likely N-dealkylation sites (tertiary alicyclic amines) is 1. The van der Waals surface area contributed by atoms with Gasteiger partial charge in [-0.2, -0.15) is 0 Å². The Balaban J connectivity index is 1.09. The minimum Gasteiger partial charge on any atom is -0.474 e. The van der Waals surface area contributed by atoms with Crippen molar-refractivity contribution in [3.63, 3.8) is 0 Å². The molecule has 1 fully saturated rings. The first-order chi connectivity index (χ1) is 24.2. The number of piperidine rings is 1. The number of hydrogen-bond donors (Lipinski definition) is 2. The topological polar surface area (TPSA) is 151 Å². The highest BCUT2D eigenvalue weighted by atomic mass is 32.2. The lowest BCUT2D eigenvalue weighted by Gasteiger charge is -2.31. The number of hydrogen-bond acceptors (Lipinski definition) is 10. The van der Waals surface area contributed by atoms with E-state index >= 15 is 0 Å². The largest absolute Gasteiger partial charge is 0.474 e. The van der Waals surface area contributed by atoms with E-state index in [0.717, 1.165) is 16.4 Å². The lowest BCUT2D eigenvalue weighted by molar-refractivity contribution is 0.0902. The van der Waals surface area contributed by atoms with E-state index in [1.807, 2.05) is 66.8 Å². The van der Waals surface area contributed by atoms with E-state index in [4.69, 9.17) is 14.5 Å². The van der Waals surface area contributed by atoms with Gasteiger partial charge in [-0.3, -0.25) is 0 Å². The Kier molecular flexibility index (Phi) is 7.91. The Hall–Kier alpha value is -5.82. The van der Waals surface area contributed by atoms with E-state index in [0.29, 0.717) is 72.5 Å². The first kappa shape index (κ1) is 31.4. The fraction of sp³-hybridized carbons (Fsp3) is 0.216. The number of aromatic nitrogens is 3. The summed E-state index contributed by atoms with van der Waals surface area (Å²) in [5.74, 6) is 0.881. The zero-order chi connectivity index (χ0) is 34.3. The summed E-state index contributed by atoms with van der Waals surface area (Å²) in [5.41, 5.74) is 2.46. The van der Waals surface area contributed by atoms with Crippen molar-refractivity contribution in [2.24, 2.45) is 9.98 Å². The molecule has 8 bridgehead atoms. The molecule has 0 saturated carbocycles. The van der Waals surface area contributed by atoms with Crippen molar-refractivity contribution in [2.45, 2.75) is 30.9 Å². The second-order valence-corrected chi connectivity index (χ2v) is 14.6. The Morgan fingerprint density at radius 2 is 1.68 bits per heavy atom. The van der Waals surface area contributed by atoms with Crippen LogP contribution < -0.4 is 25.5 Å². The Labute approximate surface area is 288 Å². The van der Waals surface area contributed by atoms with Crippen LogP contribution in [0.4, 0.5) is 4.79 Å². The second-order valence-electron chi connectivity index (χ2n) is 12.6. The minimum atomic E-state index is -3.73. The fourth-order valence-corrected chi connectivity index (χ4v) is 7.59. The van der Waals surface area contributed by atoms with Gasteiger partial charge in [0, 0.05) is 55.4 Å². The summed E-state index contributed by atoms with van der Waals surface area (Å²) in [6.07, 6.45) is 18.7. The lowest BCUT2D eigenvalue weighted by Crippen LogP contribution is -2.43. The van der Waals surface area contributed by atoms with E-state index in [1.54, 1.807) is 35.3 Å². The van der Waals surface area contributed by atoms with Gasteiger partial charge in [0.05, 0.1) is 34.2 Å². The average molecular weight is 688 g/mol. The van der Waals surface area contributed by atoms with Crippen LogP contribution in [-0.2, 0) is 15.4 Å². The molecule has 1 aromatic carbocycles. The van der Waals surface area contributed by atoms with E-state index in [2.05, 4.69) is 25.3 Å². The van der Waals surface area contributed by atoms with E-state index in [1.165, 1.54) is 12.6 Å². The molecule has 2 N–H and O–H groups in total. The van der Waals surface area contributed by atoms with Crippen LogP contribution in [0.25, 0.3) is 12.2 Å². The third-order valence-electron chi connectivity index (χ3n) is 8.95. The molecule has 1 saturated heterocycles. The van der Waals surface area contributed by atoms with Crippen molar-refractivity contribution in [3.05, 3.63) is 130 Å². The smallest absolute Gasteiger partial charge is 0.415 e. The van der Waals surface area contributed by atoms with Crippen LogP contribution in [0, 0.1) is 0 Å². The highest BCUT2D eigenvalue weighted by Gasteiger charge is 2.40. The van der Waals surface area contributed by atoms with Gasteiger partial charge in [-0.25, -0.2) is 33.2 Å². The number of aromatic amines is 1. The molecule has 252 valence electrons. The van der Waals surface area contributed by atoms with Crippen LogP contribution in [-0.4, -0.2) is 71.2 Å². The number of para-hydroxylation sites is 1. The predicted molar refractivity (Wildman–Crippen MR) is 189 cm³/mol. The number of fused-ring (bicyclic) bond motifs is 6. The van der Waals surface area contributed by atoms with Gasteiger partial charge < -0.3 is 24.7 Å². The number of carbonyl (C=O) groups is 1. The first-order valence-electron chi connectivity index (χ1n) is 16.3. The normalized spacial score (nSPS) is 21.4. The monoisotopic (exact) mass is 687 g/mol. The van der Waals surface area contributed by atoms with Gasteiger partial charge in [-0.1, -0.05) is 24.3 Å². The highest BCUT2D eigenvalue weighted by Crippen LogP contribution is 2.39. The van der Waals surface area contributed by atoms with E-state index < -0.39 is 15.4 Å². The molecule has 8 rings (SSSR count). The highest BCUT2D eigenvalue weighted by molar-refractivity contribution is 7.94. The summed E-state index contributed by atoms with van der Waals surface area (Å²) >= 11 is 0. The summed E-state index contributed by atoms with van der Waals surface area (Å²) in [5, 5.41) is 5.21. The number of nitrogens with zero attached hydrogens (tertiary/aromatic N) is 5. The molecule has 1 atom stereocenters. The molecule has 12 nitrogen and oxygen atoms in total. The number of H-pyrrole nitrogens is 1. The summed E-state index contributed by atoms with van der Waals surface area (Å²) in [4.78, 5) is 36.4. The summed E-state index contributed by atoms with van der Waals surface area (Å²) in [7, 11) is -3.73. The molecule has 5 aliphatic rings. The predicted octanol–water partition coefficient (Wildman–Crippen LogP) is 3.36. The molecule has 5 aliphatic heterocycles. The molecule has 50 heavy (non-hydrogen) atoms. The number of nitrogens with one attached hydrogen (secondary N) is 2. The summed E-state index contributed by atoms with van der Waals surface area (Å²) < 4.78 is 38.5. The lowest BCUT2D eigenvalue weighted by atomic mass is 9.91. The van der Waals surface area contributed by atoms with Crippen molar-refractivity contribution in [1.82, 2.24) is 25.2 Å².